The monoisotopic (exact) mass is 568 g/mol. The van der Waals surface area contributed by atoms with E-state index in [1.165, 1.54) is 0 Å². The number of anilines is 2. The summed E-state index contributed by atoms with van der Waals surface area (Å²) in [5, 5.41) is 20.7. The van der Waals surface area contributed by atoms with Crippen molar-refractivity contribution in [3.8, 4) is 17.3 Å². The number of nitrogens with zero attached hydrogens (tertiary/aromatic N) is 3. The van der Waals surface area contributed by atoms with Gasteiger partial charge in [-0.2, -0.15) is 5.26 Å². The summed E-state index contributed by atoms with van der Waals surface area (Å²) in [6.45, 7) is 6.95. The van der Waals surface area contributed by atoms with Crippen LogP contribution in [0.15, 0.2) is 30.5 Å². The number of esters is 1. The van der Waals surface area contributed by atoms with Crippen molar-refractivity contribution in [3.63, 3.8) is 0 Å². The minimum Gasteiger partial charge on any atom is -0.466 e. The fraction of sp³-hybridized carbons (Fsp3) is 0.600. The predicted octanol–water partition coefficient (Wildman–Crippen LogP) is 5.43. The third-order valence-corrected chi connectivity index (χ3v) is 8.21. The number of halogens is 1. The van der Waals surface area contributed by atoms with E-state index in [4.69, 9.17) is 26.1 Å². The lowest BCUT2D eigenvalue weighted by Crippen LogP contribution is -2.36. The van der Waals surface area contributed by atoms with Gasteiger partial charge in [-0.15, -0.1) is 0 Å². The third kappa shape index (κ3) is 8.53. The minimum absolute atomic E-state index is 0.114. The van der Waals surface area contributed by atoms with E-state index in [0.29, 0.717) is 68.4 Å². The van der Waals surface area contributed by atoms with Gasteiger partial charge < -0.3 is 25.4 Å². The molecule has 3 N–H and O–H groups in total. The summed E-state index contributed by atoms with van der Waals surface area (Å²) < 4.78 is 10.5. The molecule has 2 aromatic heterocycles. The van der Waals surface area contributed by atoms with E-state index in [9.17, 15) is 10.1 Å². The zero-order chi connectivity index (χ0) is 28.4. The highest BCUT2D eigenvalue weighted by molar-refractivity contribution is 6.33. The number of nitriles is 1. The van der Waals surface area contributed by atoms with E-state index >= 15 is 0 Å². The Balaban J connectivity index is 1.29. The van der Waals surface area contributed by atoms with E-state index < -0.39 is 5.41 Å². The summed E-state index contributed by atoms with van der Waals surface area (Å²) in [5.41, 5.74) is 1.14. The van der Waals surface area contributed by atoms with Crippen molar-refractivity contribution in [2.75, 3.05) is 43.5 Å². The van der Waals surface area contributed by atoms with Crippen molar-refractivity contribution in [2.45, 2.75) is 70.9 Å². The lowest BCUT2D eigenvalue weighted by Gasteiger charge is -2.30. The van der Waals surface area contributed by atoms with Crippen LogP contribution in [-0.4, -0.2) is 60.9 Å². The lowest BCUT2D eigenvalue weighted by atomic mass is 9.82. The zero-order valence-corrected chi connectivity index (χ0v) is 24.3. The molecule has 0 bridgehead atoms. The Morgan fingerprint density at radius 1 is 1.25 bits per heavy atom. The molecule has 40 heavy (non-hydrogen) atoms. The lowest BCUT2D eigenvalue weighted by molar-refractivity contribution is -0.143. The van der Waals surface area contributed by atoms with Gasteiger partial charge in [-0.1, -0.05) is 17.7 Å². The molecule has 2 fully saturated rings. The first-order valence-corrected chi connectivity index (χ1v) is 14.8. The van der Waals surface area contributed by atoms with Crippen molar-refractivity contribution in [1.82, 2.24) is 15.3 Å². The SMILES string of the molecule is CCOC(=O)C[C@@H](C)NCC1CCC(Nc2cc(-c3cccc(NCC4(C#N)CCOCC4)n3)c(Cl)cn2)CC1. The fourth-order valence-electron chi connectivity index (χ4n) is 5.38. The molecule has 10 heteroatoms. The first-order chi connectivity index (χ1) is 19.4. The molecule has 0 unspecified atom stereocenters. The van der Waals surface area contributed by atoms with Crippen LogP contribution < -0.4 is 16.0 Å². The number of pyridine rings is 2. The fourth-order valence-corrected chi connectivity index (χ4v) is 5.58. The molecule has 2 aliphatic rings. The quantitative estimate of drug-likeness (QED) is 0.288. The van der Waals surface area contributed by atoms with Gasteiger partial charge in [0.2, 0.25) is 0 Å². The van der Waals surface area contributed by atoms with Crippen LogP contribution in [0.25, 0.3) is 11.3 Å². The highest BCUT2D eigenvalue weighted by Crippen LogP contribution is 2.32. The number of ether oxygens (including phenoxy) is 2. The normalized spacial score (nSPS) is 21.1. The Morgan fingerprint density at radius 2 is 2.02 bits per heavy atom. The van der Waals surface area contributed by atoms with Crippen LogP contribution >= 0.6 is 11.6 Å². The molecule has 9 nitrogen and oxygen atoms in total. The Hall–Kier alpha value is -2.93. The maximum atomic E-state index is 11.7. The van der Waals surface area contributed by atoms with Crippen LogP contribution in [0.3, 0.4) is 0 Å². The van der Waals surface area contributed by atoms with Crippen molar-refractivity contribution in [2.24, 2.45) is 11.3 Å². The van der Waals surface area contributed by atoms with Gasteiger partial charge in [0.05, 0.1) is 35.2 Å². The van der Waals surface area contributed by atoms with E-state index in [0.717, 1.165) is 49.3 Å². The molecule has 0 amide bonds. The molecule has 3 heterocycles. The molecule has 1 atom stereocenters. The van der Waals surface area contributed by atoms with Crippen LogP contribution in [0, 0.1) is 22.7 Å². The number of carbonyl (C=O) groups excluding carboxylic acids is 1. The van der Waals surface area contributed by atoms with Crippen molar-refractivity contribution in [1.29, 1.82) is 5.26 Å². The van der Waals surface area contributed by atoms with E-state index in [1.807, 2.05) is 38.1 Å². The zero-order valence-electron chi connectivity index (χ0n) is 23.5. The molecule has 1 aliphatic heterocycles. The highest BCUT2D eigenvalue weighted by Gasteiger charge is 2.32. The smallest absolute Gasteiger partial charge is 0.307 e. The molecule has 1 saturated carbocycles. The predicted molar refractivity (Wildman–Crippen MR) is 157 cm³/mol. The van der Waals surface area contributed by atoms with Crippen molar-refractivity contribution >= 4 is 29.2 Å². The highest BCUT2D eigenvalue weighted by atomic mass is 35.5. The Morgan fingerprint density at radius 3 is 2.75 bits per heavy atom. The number of nitrogens with one attached hydrogen (secondary N) is 3. The molecule has 216 valence electrons. The average Bonchev–Trinajstić information content (AvgIpc) is 2.97. The van der Waals surface area contributed by atoms with E-state index in [-0.39, 0.29) is 12.0 Å². The van der Waals surface area contributed by atoms with Gasteiger partial charge >= 0.3 is 5.97 Å². The number of hydrogen-bond acceptors (Lipinski definition) is 9. The van der Waals surface area contributed by atoms with E-state index in [2.05, 4.69) is 27.0 Å². The standard InChI is InChI=1S/C30H41ClN6O3/c1-3-40-29(38)15-21(2)33-17-22-7-9-23(10-8-22)36-28-16-24(25(31)18-34-28)26-5-4-6-27(37-26)35-20-30(19-32)11-13-39-14-12-30/h4-6,16,18,21-23,33H,3,7-15,17,20H2,1-2H3,(H,34,36)(H,35,37)/t21-,22?,23?/m1/s1. The van der Waals surface area contributed by atoms with E-state index in [1.54, 1.807) is 6.20 Å². The Bertz CT molecular complexity index is 1160. The molecular weight excluding hydrogens is 528 g/mol. The summed E-state index contributed by atoms with van der Waals surface area (Å²) in [4.78, 5) is 21.0. The molecule has 0 spiro atoms. The third-order valence-electron chi connectivity index (χ3n) is 7.91. The summed E-state index contributed by atoms with van der Waals surface area (Å²) in [6, 6.07) is 10.7. The van der Waals surface area contributed by atoms with Crippen LogP contribution in [0.1, 0.15) is 58.8 Å². The maximum Gasteiger partial charge on any atom is 0.307 e. The second kappa shape index (κ2) is 14.6. The first kappa shape index (κ1) is 30.0. The molecule has 0 aromatic carbocycles. The van der Waals surface area contributed by atoms with Gasteiger partial charge in [0.1, 0.15) is 11.6 Å². The van der Waals surface area contributed by atoms with Crippen LogP contribution in [0.2, 0.25) is 5.02 Å². The summed E-state index contributed by atoms with van der Waals surface area (Å²) in [5.74, 6) is 1.95. The van der Waals surface area contributed by atoms with Gasteiger partial charge in [0.25, 0.3) is 0 Å². The molecule has 1 saturated heterocycles. The largest absolute Gasteiger partial charge is 0.466 e. The van der Waals surface area contributed by atoms with Gasteiger partial charge in [-0.3, -0.25) is 4.79 Å². The van der Waals surface area contributed by atoms with Crippen molar-refractivity contribution in [3.05, 3.63) is 35.5 Å². The van der Waals surface area contributed by atoms with Crippen molar-refractivity contribution < 1.29 is 14.3 Å². The number of hydrogen-bond donors (Lipinski definition) is 3. The topological polar surface area (TPSA) is 121 Å². The summed E-state index contributed by atoms with van der Waals surface area (Å²) >= 11 is 6.55. The van der Waals surface area contributed by atoms with Gasteiger partial charge in [0, 0.05) is 43.6 Å². The molecule has 2 aromatic rings. The molecule has 4 rings (SSSR count). The average molecular weight is 569 g/mol. The molecule has 1 aliphatic carbocycles. The number of carbonyl (C=O) groups is 1. The second-order valence-corrected chi connectivity index (χ2v) is 11.4. The Labute approximate surface area is 242 Å². The number of rotatable bonds is 12. The summed E-state index contributed by atoms with van der Waals surface area (Å²) in [6.07, 6.45) is 7.85. The Kier molecular flexibility index (Phi) is 11.0. The van der Waals surface area contributed by atoms with Crippen LogP contribution in [-0.2, 0) is 14.3 Å². The van der Waals surface area contributed by atoms with Gasteiger partial charge in [0.15, 0.2) is 0 Å². The molecule has 0 radical (unpaired) electrons. The first-order valence-electron chi connectivity index (χ1n) is 14.4. The van der Waals surface area contributed by atoms with Gasteiger partial charge in [-0.25, -0.2) is 9.97 Å². The van der Waals surface area contributed by atoms with Crippen LogP contribution in [0.4, 0.5) is 11.6 Å². The van der Waals surface area contributed by atoms with Gasteiger partial charge in [-0.05, 0) is 83.0 Å². The number of aromatic nitrogens is 2. The van der Waals surface area contributed by atoms with Crippen LogP contribution in [0.5, 0.6) is 0 Å². The molecular formula is C30H41ClN6O3. The minimum atomic E-state index is -0.433. The second-order valence-electron chi connectivity index (χ2n) is 11.0. The maximum absolute atomic E-state index is 11.7. The summed E-state index contributed by atoms with van der Waals surface area (Å²) in [7, 11) is 0.